The minimum absolute atomic E-state index is 0.0531. The second-order valence-electron chi connectivity index (χ2n) is 6.90. The summed E-state index contributed by atoms with van der Waals surface area (Å²) in [5.41, 5.74) is 2.74. The van der Waals surface area contributed by atoms with Gasteiger partial charge in [0.05, 0.1) is 16.8 Å². The molecule has 1 N–H and O–H groups in total. The first-order chi connectivity index (χ1) is 15.1. The average molecular weight is 427 g/mol. The van der Waals surface area contributed by atoms with Gasteiger partial charge in [-0.25, -0.2) is 4.98 Å². The number of aromatic hydroxyl groups is 1. The first-order valence-electron chi connectivity index (χ1n) is 9.49. The van der Waals surface area contributed by atoms with Crippen molar-refractivity contribution in [2.45, 2.75) is 0 Å². The number of aromatic nitrogens is 4. The highest BCUT2D eigenvalue weighted by Crippen LogP contribution is 2.28. The molecule has 0 unspecified atom stereocenters. The summed E-state index contributed by atoms with van der Waals surface area (Å²) in [6.45, 7) is 0. The highest BCUT2D eigenvalue weighted by atomic mass is 35.5. The monoisotopic (exact) mass is 426 g/mol. The van der Waals surface area contributed by atoms with Crippen LogP contribution in [-0.4, -0.2) is 24.6 Å². The van der Waals surface area contributed by atoms with Crippen molar-refractivity contribution in [1.82, 2.24) is 19.5 Å². The van der Waals surface area contributed by atoms with Crippen molar-refractivity contribution in [2.75, 3.05) is 0 Å². The van der Waals surface area contributed by atoms with Crippen LogP contribution in [0.3, 0.4) is 0 Å². The summed E-state index contributed by atoms with van der Waals surface area (Å²) in [5.74, 6) is 0.468. The molecule has 0 aliphatic heterocycles. The van der Waals surface area contributed by atoms with Crippen LogP contribution in [-0.2, 0) is 0 Å². The third-order valence-electron chi connectivity index (χ3n) is 4.91. The van der Waals surface area contributed by atoms with E-state index in [-0.39, 0.29) is 11.3 Å². The average Bonchev–Trinajstić information content (AvgIpc) is 2.80. The molecule has 0 saturated carbocycles. The third-order valence-corrected chi connectivity index (χ3v) is 5.16. The van der Waals surface area contributed by atoms with Gasteiger partial charge in [-0.1, -0.05) is 17.7 Å². The number of phenols is 1. The molecule has 0 aliphatic carbocycles. The van der Waals surface area contributed by atoms with Crippen LogP contribution in [0, 0.1) is 0 Å². The molecular formula is C24H15ClN4O2. The highest BCUT2D eigenvalue weighted by molar-refractivity contribution is 6.30. The molecule has 0 fully saturated rings. The van der Waals surface area contributed by atoms with E-state index in [1.54, 1.807) is 67.1 Å². The molecule has 0 spiro atoms. The molecule has 0 saturated heterocycles. The Labute approximate surface area is 182 Å². The molecule has 3 heterocycles. The van der Waals surface area contributed by atoms with Crippen LogP contribution in [0.25, 0.3) is 39.2 Å². The van der Waals surface area contributed by atoms with Gasteiger partial charge < -0.3 is 5.11 Å². The second kappa shape index (κ2) is 7.66. The topological polar surface area (TPSA) is 80.9 Å². The zero-order valence-electron chi connectivity index (χ0n) is 16.1. The van der Waals surface area contributed by atoms with Gasteiger partial charge in [0.2, 0.25) is 0 Å². The lowest BCUT2D eigenvalue weighted by Gasteiger charge is -2.15. The second-order valence-corrected chi connectivity index (χ2v) is 7.34. The molecule has 0 radical (unpaired) electrons. The Bertz CT molecular complexity index is 1470. The quantitative estimate of drug-likeness (QED) is 0.445. The smallest absolute Gasteiger partial charge is 0.266 e. The van der Waals surface area contributed by atoms with E-state index in [2.05, 4.69) is 9.97 Å². The van der Waals surface area contributed by atoms with Crippen LogP contribution in [0.15, 0.2) is 90.1 Å². The number of rotatable bonds is 3. The molecule has 0 bridgehead atoms. The van der Waals surface area contributed by atoms with Crippen LogP contribution in [0.4, 0.5) is 0 Å². The predicted molar refractivity (Wildman–Crippen MR) is 120 cm³/mol. The summed E-state index contributed by atoms with van der Waals surface area (Å²) in [6.07, 6.45) is 4.95. The molecule has 0 atom stereocenters. The van der Waals surface area contributed by atoms with Crippen molar-refractivity contribution in [3.8, 4) is 34.1 Å². The van der Waals surface area contributed by atoms with E-state index in [1.807, 2.05) is 12.1 Å². The van der Waals surface area contributed by atoms with Gasteiger partial charge >= 0.3 is 0 Å². The Morgan fingerprint density at radius 2 is 1.74 bits per heavy atom. The molecule has 3 aromatic heterocycles. The number of benzene rings is 2. The maximum atomic E-state index is 13.7. The first-order valence-corrected chi connectivity index (χ1v) is 9.87. The van der Waals surface area contributed by atoms with Crippen LogP contribution >= 0.6 is 11.6 Å². The number of phenolic OH excluding ortho intramolecular Hbond substituents is 1. The highest BCUT2D eigenvalue weighted by Gasteiger charge is 2.18. The van der Waals surface area contributed by atoms with Crippen molar-refractivity contribution >= 4 is 22.5 Å². The number of pyridine rings is 2. The summed E-state index contributed by atoms with van der Waals surface area (Å²) in [6, 6.07) is 18.9. The number of fused-ring (bicyclic) bond motifs is 1. The minimum atomic E-state index is -0.270. The van der Waals surface area contributed by atoms with Crippen molar-refractivity contribution in [3.05, 3.63) is 101 Å². The summed E-state index contributed by atoms with van der Waals surface area (Å²) in [4.78, 5) is 27.2. The lowest BCUT2D eigenvalue weighted by atomic mass is 10.1. The minimum Gasteiger partial charge on any atom is -0.508 e. The Balaban J connectivity index is 1.90. The maximum absolute atomic E-state index is 13.7. The lowest BCUT2D eigenvalue weighted by molar-refractivity contribution is 0.475. The number of nitrogens with zero attached hydrogens (tertiary/aromatic N) is 4. The van der Waals surface area contributed by atoms with Crippen LogP contribution in [0.5, 0.6) is 5.75 Å². The Kier molecular flexibility index (Phi) is 4.69. The maximum Gasteiger partial charge on any atom is 0.266 e. The van der Waals surface area contributed by atoms with E-state index in [0.29, 0.717) is 38.7 Å². The third kappa shape index (κ3) is 3.43. The fraction of sp³-hybridized carbons (Fsp3) is 0. The van der Waals surface area contributed by atoms with Gasteiger partial charge in [-0.15, -0.1) is 0 Å². The zero-order chi connectivity index (χ0) is 21.4. The molecule has 0 amide bonds. The molecule has 7 heteroatoms. The fourth-order valence-corrected chi connectivity index (χ4v) is 3.62. The van der Waals surface area contributed by atoms with Gasteiger partial charge in [-0.05, 0) is 54.6 Å². The first kappa shape index (κ1) is 19.0. The summed E-state index contributed by atoms with van der Waals surface area (Å²) in [7, 11) is 0. The molecule has 2 aromatic carbocycles. The van der Waals surface area contributed by atoms with E-state index in [4.69, 9.17) is 16.6 Å². The number of hydrogen-bond acceptors (Lipinski definition) is 5. The van der Waals surface area contributed by atoms with Gasteiger partial charge in [0.25, 0.3) is 5.56 Å². The van der Waals surface area contributed by atoms with Crippen molar-refractivity contribution in [2.24, 2.45) is 0 Å². The summed E-state index contributed by atoms with van der Waals surface area (Å²) >= 11 is 6.07. The van der Waals surface area contributed by atoms with E-state index in [0.717, 1.165) is 5.56 Å². The number of halogens is 1. The van der Waals surface area contributed by atoms with Crippen molar-refractivity contribution in [3.63, 3.8) is 0 Å². The molecule has 150 valence electrons. The lowest BCUT2D eigenvalue weighted by Crippen LogP contribution is -2.22. The fourth-order valence-electron chi connectivity index (χ4n) is 3.49. The zero-order valence-corrected chi connectivity index (χ0v) is 16.9. The van der Waals surface area contributed by atoms with Crippen molar-refractivity contribution in [1.29, 1.82) is 0 Å². The van der Waals surface area contributed by atoms with Gasteiger partial charge in [0.1, 0.15) is 17.1 Å². The number of hydrogen-bond donors (Lipinski definition) is 1. The van der Waals surface area contributed by atoms with Gasteiger partial charge in [-0.3, -0.25) is 19.3 Å². The van der Waals surface area contributed by atoms with E-state index >= 15 is 0 Å². The molecular weight excluding hydrogens is 412 g/mol. The standard InChI is InChI=1S/C24H15ClN4O2/c25-17-8-6-15(7-9-17)23-28-22-20(10-12-27-21(22)16-3-2-11-26-14-16)24(31)29(23)18-4-1-5-19(30)13-18/h1-14,30H. The van der Waals surface area contributed by atoms with Gasteiger partial charge in [0, 0.05) is 40.8 Å². The van der Waals surface area contributed by atoms with Crippen LogP contribution < -0.4 is 5.56 Å². The summed E-state index contributed by atoms with van der Waals surface area (Å²) < 4.78 is 1.48. The van der Waals surface area contributed by atoms with Crippen molar-refractivity contribution < 1.29 is 5.11 Å². The molecule has 5 rings (SSSR count). The largest absolute Gasteiger partial charge is 0.508 e. The van der Waals surface area contributed by atoms with Gasteiger partial charge in [0.15, 0.2) is 0 Å². The summed E-state index contributed by atoms with van der Waals surface area (Å²) in [5, 5.41) is 11.0. The molecule has 0 aliphatic rings. The predicted octanol–water partition coefficient (Wildman–Crippen LogP) is 4.87. The van der Waals surface area contributed by atoms with Crippen LogP contribution in [0.1, 0.15) is 0 Å². The molecule has 31 heavy (non-hydrogen) atoms. The Morgan fingerprint density at radius 3 is 2.48 bits per heavy atom. The Morgan fingerprint density at radius 1 is 0.903 bits per heavy atom. The van der Waals surface area contributed by atoms with E-state index < -0.39 is 0 Å². The van der Waals surface area contributed by atoms with Crippen LogP contribution in [0.2, 0.25) is 5.02 Å². The van der Waals surface area contributed by atoms with E-state index in [9.17, 15) is 9.90 Å². The van der Waals surface area contributed by atoms with E-state index in [1.165, 1.54) is 10.6 Å². The molecule has 6 nitrogen and oxygen atoms in total. The normalized spacial score (nSPS) is 11.0. The van der Waals surface area contributed by atoms with Gasteiger partial charge in [-0.2, -0.15) is 0 Å². The SMILES string of the molecule is O=c1c2ccnc(-c3cccnc3)c2nc(-c2ccc(Cl)cc2)n1-c1cccc(O)c1. The Hall–Kier alpha value is -4.03. The molecule has 5 aromatic rings.